The number of nitrogens with two attached hydrogens (primary N) is 1. The first-order valence-corrected chi connectivity index (χ1v) is 8.86. The first-order valence-electron chi connectivity index (χ1n) is 8.86. The average Bonchev–Trinajstić information content (AvgIpc) is 3.25. The van der Waals surface area contributed by atoms with Crippen molar-refractivity contribution in [3.8, 4) is 0 Å². The molecule has 0 aliphatic carbocycles. The zero-order valence-corrected chi connectivity index (χ0v) is 15.5. The predicted molar refractivity (Wildman–Crippen MR) is 108 cm³/mol. The minimum atomic E-state index is -0.575. The van der Waals surface area contributed by atoms with Gasteiger partial charge in [-0.25, -0.2) is 0 Å². The predicted octanol–water partition coefficient (Wildman–Crippen LogP) is 2.36. The molecule has 5 N–H and O–H groups in total. The maximum absolute atomic E-state index is 12.1. The van der Waals surface area contributed by atoms with E-state index in [1.807, 2.05) is 0 Å². The highest BCUT2D eigenvalue weighted by Gasteiger charge is 2.10. The summed E-state index contributed by atoms with van der Waals surface area (Å²) in [6.45, 7) is 0.248. The number of furan rings is 1. The lowest BCUT2D eigenvalue weighted by Gasteiger charge is -2.10. The Bertz CT molecular complexity index is 998. The molecule has 0 atom stereocenters. The van der Waals surface area contributed by atoms with Gasteiger partial charge in [0.05, 0.1) is 24.9 Å². The molecule has 0 unspecified atom stereocenters. The molecule has 0 saturated heterocycles. The third kappa shape index (κ3) is 5.46. The molecule has 0 fully saturated rings. The number of carbonyl (C=O) groups is 3. The van der Waals surface area contributed by atoms with Crippen molar-refractivity contribution in [2.24, 2.45) is 5.73 Å². The second-order valence-corrected chi connectivity index (χ2v) is 6.15. The van der Waals surface area contributed by atoms with Gasteiger partial charge in [-0.1, -0.05) is 12.1 Å². The summed E-state index contributed by atoms with van der Waals surface area (Å²) in [4.78, 5) is 35.7. The van der Waals surface area contributed by atoms with Crippen molar-refractivity contribution >= 4 is 29.1 Å². The summed E-state index contributed by atoms with van der Waals surface area (Å²) in [5, 5.41) is 8.35. The van der Waals surface area contributed by atoms with Gasteiger partial charge in [-0.3, -0.25) is 14.4 Å². The minimum absolute atomic E-state index is 0.0460. The Morgan fingerprint density at radius 3 is 2.38 bits per heavy atom. The zero-order valence-electron chi connectivity index (χ0n) is 15.5. The van der Waals surface area contributed by atoms with Gasteiger partial charge in [0, 0.05) is 16.9 Å². The lowest BCUT2D eigenvalue weighted by Crippen LogP contribution is -2.24. The molecule has 3 rings (SSSR count). The number of benzene rings is 2. The Morgan fingerprint density at radius 1 is 0.931 bits per heavy atom. The molecule has 8 heteroatoms. The first kappa shape index (κ1) is 19.7. The van der Waals surface area contributed by atoms with Crippen LogP contribution in [0.2, 0.25) is 0 Å². The second kappa shape index (κ2) is 9.23. The average molecular weight is 392 g/mol. The monoisotopic (exact) mass is 392 g/mol. The second-order valence-electron chi connectivity index (χ2n) is 6.15. The van der Waals surface area contributed by atoms with E-state index >= 15 is 0 Å². The topological polar surface area (TPSA) is 126 Å². The number of nitrogens with one attached hydrogen (secondary N) is 3. The maximum atomic E-state index is 12.1. The minimum Gasteiger partial charge on any atom is -0.467 e. The molecular formula is C21H20N4O4. The Labute approximate surface area is 167 Å². The van der Waals surface area contributed by atoms with Crippen molar-refractivity contribution in [3.63, 3.8) is 0 Å². The molecule has 0 bridgehead atoms. The highest BCUT2D eigenvalue weighted by atomic mass is 16.3. The van der Waals surface area contributed by atoms with Crippen LogP contribution in [-0.4, -0.2) is 24.3 Å². The van der Waals surface area contributed by atoms with E-state index in [0.29, 0.717) is 34.8 Å². The molecule has 1 aromatic heterocycles. The highest BCUT2D eigenvalue weighted by Crippen LogP contribution is 2.14. The van der Waals surface area contributed by atoms with E-state index in [0.717, 1.165) is 0 Å². The molecule has 8 nitrogen and oxygen atoms in total. The molecule has 0 saturated carbocycles. The van der Waals surface area contributed by atoms with Gasteiger partial charge >= 0.3 is 0 Å². The summed E-state index contributed by atoms with van der Waals surface area (Å²) in [6, 6.07) is 16.7. The van der Waals surface area contributed by atoms with Crippen molar-refractivity contribution in [1.82, 2.24) is 5.32 Å². The number of para-hydroxylation sites is 1. The Hall–Kier alpha value is -4.07. The Morgan fingerprint density at radius 2 is 1.69 bits per heavy atom. The fourth-order valence-electron chi connectivity index (χ4n) is 2.62. The van der Waals surface area contributed by atoms with Gasteiger partial charge in [0.25, 0.3) is 11.8 Å². The van der Waals surface area contributed by atoms with Gasteiger partial charge < -0.3 is 26.1 Å². The standard InChI is InChI=1S/C21H20N4O4/c22-20(27)17-5-1-2-6-18(17)23-13-19(26)25-15-9-7-14(8-10-15)21(28)24-12-16-4-3-11-29-16/h1-11,23H,12-13H2,(H2,22,27)(H,24,28)(H,25,26). The van der Waals surface area contributed by atoms with Crippen LogP contribution in [0.4, 0.5) is 11.4 Å². The highest BCUT2D eigenvalue weighted by molar-refractivity contribution is 6.00. The number of hydrogen-bond donors (Lipinski definition) is 4. The largest absolute Gasteiger partial charge is 0.467 e. The van der Waals surface area contributed by atoms with E-state index in [1.54, 1.807) is 66.9 Å². The smallest absolute Gasteiger partial charge is 0.251 e. The number of amides is 3. The van der Waals surface area contributed by atoms with Gasteiger partial charge in [0.1, 0.15) is 5.76 Å². The number of carbonyl (C=O) groups excluding carboxylic acids is 3. The molecule has 29 heavy (non-hydrogen) atoms. The van der Waals surface area contributed by atoms with Crippen LogP contribution >= 0.6 is 0 Å². The Kier molecular flexibility index (Phi) is 6.26. The zero-order chi connectivity index (χ0) is 20.6. The summed E-state index contributed by atoms with van der Waals surface area (Å²) in [6.07, 6.45) is 1.54. The van der Waals surface area contributed by atoms with Gasteiger partial charge in [-0.05, 0) is 48.5 Å². The van der Waals surface area contributed by atoms with E-state index < -0.39 is 5.91 Å². The van der Waals surface area contributed by atoms with E-state index in [2.05, 4.69) is 16.0 Å². The molecule has 1 heterocycles. The third-order valence-corrected chi connectivity index (χ3v) is 4.07. The van der Waals surface area contributed by atoms with Crippen molar-refractivity contribution in [1.29, 1.82) is 0 Å². The van der Waals surface area contributed by atoms with Crippen LogP contribution in [0.1, 0.15) is 26.5 Å². The molecule has 0 spiro atoms. The van der Waals surface area contributed by atoms with Crippen molar-refractivity contribution < 1.29 is 18.8 Å². The van der Waals surface area contributed by atoms with Crippen LogP contribution < -0.4 is 21.7 Å². The van der Waals surface area contributed by atoms with Crippen molar-refractivity contribution in [3.05, 3.63) is 83.8 Å². The normalized spacial score (nSPS) is 10.2. The van der Waals surface area contributed by atoms with Crippen molar-refractivity contribution in [2.45, 2.75) is 6.54 Å². The number of anilines is 2. The summed E-state index contributed by atoms with van der Waals surface area (Å²) < 4.78 is 5.16. The van der Waals surface area contributed by atoms with E-state index in [4.69, 9.17) is 10.2 Å². The lowest BCUT2D eigenvalue weighted by molar-refractivity contribution is -0.114. The molecular weight excluding hydrogens is 372 g/mol. The summed E-state index contributed by atoms with van der Waals surface area (Å²) in [5.41, 5.74) is 7.12. The van der Waals surface area contributed by atoms with Crippen LogP contribution in [0.5, 0.6) is 0 Å². The van der Waals surface area contributed by atoms with E-state index in [1.165, 1.54) is 0 Å². The third-order valence-electron chi connectivity index (χ3n) is 4.07. The molecule has 0 aliphatic rings. The van der Waals surface area contributed by atoms with Gasteiger partial charge in [0.2, 0.25) is 5.91 Å². The lowest BCUT2D eigenvalue weighted by atomic mass is 10.1. The van der Waals surface area contributed by atoms with Gasteiger partial charge in [-0.2, -0.15) is 0 Å². The fraction of sp³-hybridized carbons (Fsp3) is 0.0952. The van der Waals surface area contributed by atoms with Gasteiger partial charge in [0.15, 0.2) is 0 Å². The molecule has 0 radical (unpaired) electrons. The van der Waals surface area contributed by atoms with Crippen LogP contribution in [-0.2, 0) is 11.3 Å². The fourth-order valence-corrected chi connectivity index (χ4v) is 2.62. The number of hydrogen-bond acceptors (Lipinski definition) is 5. The van der Waals surface area contributed by atoms with Crippen LogP contribution in [0.3, 0.4) is 0 Å². The first-order chi connectivity index (χ1) is 14.0. The molecule has 3 amide bonds. The van der Waals surface area contributed by atoms with E-state index in [-0.39, 0.29) is 18.4 Å². The summed E-state index contributed by atoms with van der Waals surface area (Å²) >= 11 is 0. The van der Waals surface area contributed by atoms with Crippen LogP contribution in [0.15, 0.2) is 71.3 Å². The van der Waals surface area contributed by atoms with Crippen LogP contribution in [0, 0.1) is 0 Å². The number of primary amides is 1. The molecule has 3 aromatic rings. The maximum Gasteiger partial charge on any atom is 0.251 e. The van der Waals surface area contributed by atoms with E-state index in [9.17, 15) is 14.4 Å². The quantitative estimate of drug-likeness (QED) is 0.468. The number of rotatable bonds is 8. The van der Waals surface area contributed by atoms with Crippen molar-refractivity contribution in [2.75, 3.05) is 17.2 Å². The Balaban J connectivity index is 1.51. The molecule has 0 aliphatic heterocycles. The summed E-state index contributed by atoms with van der Waals surface area (Å²) in [7, 11) is 0. The molecule has 2 aromatic carbocycles. The summed E-state index contributed by atoms with van der Waals surface area (Å²) in [5.74, 6) is -0.467. The van der Waals surface area contributed by atoms with Gasteiger partial charge in [-0.15, -0.1) is 0 Å². The van der Waals surface area contributed by atoms with Crippen LogP contribution in [0.25, 0.3) is 0 Å². The SMILES string of the molecule is NC(=O)c1ccccc1NCC(=O)Nc1ccc(C(=O)NCc2ccco2)cc1. The molecule has 148 valence electrons.